The third-order valence-electron chi connectivity index (χ3n) is 1.72. The summed E-state index contributed by atoms with van der Waals surface area (Å²) in [4.78, 5) is 10.3. The fourth-order valence-corrected chi connectivity index (χ4v) is 0.839. The highest BCUT2D eigenvalue weighted by Crippen LogP contribution is 1.99. The summed E-state index contributed by atoms with van der Waals surface area (Å²) < 4.78 is 0. The van der Waals surface area contributed by atoms with Crippen LogP contribution in [0.15, 0.2) is 10.2 Å². The molecule has 1 atom stereocenters. The van der Waals surface area contributed by atoms with E-state index in [-0.39, 0.29) is 0 Å². The van der Waals surface area contributed by atoms with Crippen molar-refractivity contribution in [2.24, 2.45) is 10.2 Å². The second kappa shape index (κ2) is 7.71. The first-order valence-electron chi connectivity index (χ1n) is 4.78. The maximum absolute atomic E-state index is 10.3. The number of unbranched alkanes of at least 4 members (excludes halogenated alkanes) is 3. The predicted molar refractivity (Wildman–Crippen MR) is 51.0 cm³/mol. The van der Waals surface area contributed by atoms with Gasteiger partial charge in [0.15, 0.2) is 6.04 Å². The number of aliphatic carboxylic acids is 1. The molecule has 4 heteroatoms. The molecule has 0 aromatic rings. The molecule has 0 radical (unpaired) electrons. The number of nitrogens with zero attached hydrogens (tertiary/aromatic N) is 2. The smallest absolute Gasteiger partial charge is 0.330 e. The van der Waals surface area contributed by atoms with E-state index in [0.717, 1.165) is 12.8 Å². The van der Waals surface area contributed by atoms with E-state index < -0.39 is 12.0 Å². The second-order valence-corrected chi connectivity index (χ2v) is 3.06. The van der Waals surface area contributed by atoms with Gasteiger partial charge in [0.05, 0.1) is 6.54 Å². The van der Waals surface area contributed by atoms with E-state index in [4.69, 9.17) is 5.11 Å². The molecule has 0 aliphatic rings. The Kier molecular flexibility index (Phi) is 7.15. The average molecular weight is 186 g/mol. The molecule has 0 bridgehead atoms. The summed E-state index contributed by atoms with van der Waals surface area (Å²) >= 11 is 0. The fourth-order valence-electron chi connectivity index (χ4n) is 0.839. The Bertz CT molecular complexity index is 169. The Balaban J connectivity index is 3.35. The van der Waals surface area contributed by atoms with Gasteiger partial charge in [-0.2, -0.15) is 10.2 Å². The highest BCUT2D eigenvalue weighted by atomic mass is 16.4. The Morgan fingerprint density at radius 3 is 2.62 bits per heavy atom. The van der Waals surface area contributed by atoms with Crippen LogP contribution in [0.5, 0.6) is 0 Å². The van der Waals surface area contributed by atoms with Crippen molar-refractivity contribution in [2.75, 3.05) is 6.54 Å². The summed E-state index contributed by atoms with van der Waals surface area (Å²) in [5, 5.41) is 15.9. The summed E-state index contributed by atoms with van der Waals surface area (Å²) in [5.41, 5.74) is 0. The van der Waals surface area contributed by atoms with Crippen LogP contribution in [0, 0.1) is 0 Å². The Labute approximate surface area is 79.1 Å². The largest absolute Gasteiger partial charge is 0.480 e. The van der Waals surface area contributed by atoms with E-state index in [2.05, 4.69) is 17.2 Å². The number of carboxylic acid groups (broad SMARTS) is 1. The van der Waals surface area contributed by atoms with Crippen LogP contribution in [0.3, 0.4) is 0 Å². The molecule has 0 heterocycles. The topological polar surface area (TPSA) is 62.0 Å². The van der Waals surface area contributed by atoms with Crippen LogP contribution in [-0.2, 0) is 4.79 Å². The van der Waals surface area contributed by atoms with E-state index >= 15 is 0 Å². The molecular formula is C9H18N2O2. The van der Waals surface area contributed by atoms with Crippen LogP contribution in [0.1, 0.15) is 39.5 Å². The summed E-state index contributed by atoms with van der Waals surface area (Å²) in [5.74, 6) is -0.919. The van der Waals surface area contributed by atoms with Gasteiger partial charge in [0.25, 0.3) is 0 Å². The molecule has 1 N–H and O–H groups in total. The maximum atomic E-state index is 10.3. The Morgan fingerprint density at radius 2 is 2.08 bits per heavy atom. The molecular weight excluding hydrogens is 168 g/mol. The van der Waals surface area contributed by atoms with E-state index in [1.807, 2.05) is 0 Å². The number of azo groups is 1. The minimum absolute atomic E-state index is 0.650. The third-order valence-corrected chi connectivity index (χ3v) is 1.72. The lowest BCUT2D eigenvalue weighted by molar-refractivity contribution is -0.138. The molecule has 0 aliphatic carbocycles. The molecule has 13 heavy (non-hydrogen) atoms. The van der Waals surface area contributed by atoms with Crippen molar-refractivity contribution in [3.8, 4) is 0 Å². The molecule has 0 fully saturated rings. The minimum Gasteiger partial charge on any atom is -0.480 e. The molecule has 0 amide bonds. The zero-order valence-electron chi connectivity index (χ0n) is 8.36. The maximum Gasteiger partial charge on any atom is 0.330 e. The van der Waals surface area contributed by atoms with Crippen LogP contribution in [0.25, 0.3) is 0 Å². The first kappa shape index (κ1) is 12.1. The summed E-state index contributed by atoms with van der Waals surface area (Å²) in [7, 11) is 0. The number of carboxylic acids is 1. The highest BCUT2D eigenvalue weighted by molar-refractivity contribution is 5.72. The molecule has 1 unspecified atom stereocenters. The van der Waals surface area contributed by atoms with E-state index in [0.29, 0.717) is 6.54 Å². The van der Waals surface area contributed by atoms with Crippen LogP contribution in [-0.4, -0.2) is 23.7 Å². The van der Waals surface area contributed by atoms with Crippen LogP contribution < -0.4 is 0 Å². The number of carbonyl (C=O) groups is 1. The number of rotatable bonds is 7. The monoisotopic (exact) mass is 186 g/mol. The van der Waals surface area contributed by atoms with Crippen LogP contribution in [0.2, 0.25) is 0 Å². The van der Waals surface area contributed by atoms with Gasteiger partial charge in [0.2, 0.25) is 0 Å². The van der Waals surface area contributed by atoms with Crippen molar-refractivity contribution in [3.05, 3.63) is 0 Å². The van der Waals surface area contributed by atoms with E-state index in [9.17, 15) is 4.79 Å². The molecule has 0 aliphatic heterocycles. The van der Waals surface area contributed by atoms with E-state index in [1.54, 1.807) is 0 Å². The predicted octanol–water partition coefficient (Wildman–Crippen LogP) is 2.49. The van der Waals surface area contributed by atoms with Gasteiger partial charge in [-0.1, -0.05) is 26.2 Å². The lowest BCUT2D eigenvalue weighted by Crippen LogP contribution is -2.12. The summed E-state index contributed by atoms with van der Waals surface area (Å²) in [6.45, 7) is 4.32. The molecule has 0 aromatic carbocycles. The SMILES string of the molecule is CCCCCCN=NC(C)C(=O)O. The van der Waals surface area contributed by atoms with Crippen LogP contribution >= 0.6 is 0 Å². The summed E-state index contributed by atoms with van der Waals surface area (Å²) in [6.07, 6.45) is 4.56. The lowest BCUT2D eigenvalue weighted by Gasteiger charge is -1.96. The first-order chi connectivity index (χ1) is 6.18. The Hall–Kier alpha value is -0.930. The normalized spacial score (nSPS) is 13.4. The second-order valence-electron chi connectivity index (χ2n) is 3.06. The average Bonchev–Trinajstić information content (AvgIpc) is 2.10. The Morgan fingerprint density at radius 1 is 1.38 bits per heavy atom. The van der Waals surface area contributed by atoms with Crippen LogP contribution in [0.4, 0.5) is 0 Å². The lowest BCUT2D eigenvalue weighted by atomic mass is 10.2. The van der Waals surface area contributed by atoms with E-state index in [1.165, 1.54) is 19.8 Å². The van der Waals surface area contributed by atoms with Gasteiger partial charge in [-0.15, -0.1) is 0 Å². The van der Waals surface area contributed by atoms with Gasteiger partial charge in [-0.3, -0.25) is 0 Å². The molecule has 4 nitrogen and oxygen atoms in total. The molecule has 0 rings (SSSR count). The van der Waals surface area contributed by atoms with Crippen molar-refractivity contribution >= 4 is 5.97 Å². The molecule has 76 valence electrons. The van der Waals surface area contributed by atoms with Crippen molar-refractivity contribution in [1.82, 2.24) is 0 Å². The van der Waals surface area contributed by atoms with Gasteiger partial charge in [0.1, 0.15) is 0 Å². The zero-order chi connectivity index (χ0) is 10.1. The molecule has 0 saturated carbocycles. The number of hydrogen-bond acceptors (Lipinski definition) is 3. The van der Waals surface area contributed by atoms with Crippen molar-refractivity contribution in [2.45, 2.75) is 45.6 Å². The van der Waals surface area contributed by atoms with Gasteiger partial charge in [-0.25, -0.2) is 4.79 Å². The molecule has 0 spiro atoms. The fraction of sp³-hybridized carbons (Fsp3) is 0.889. The van der Waals surface area contributed by atoms with Gasteiger partial charge in [-0.05, 0) is 13.3 Å². The minimum atomic E-state index is -0.919. The highest BCUT2D eigenvalue weighted by Gasteiger charge is 2.07. The zero-order valence-corrected chi connectivity index (χ0v) is 8.36. The van der Waals surface area contributed by atoms with Gasteiger partial charge < -0.3 is 5.11 Å². The quantitative estimate of drug-likeness (QED) is 0.490. The first-order valence-corrected chi connectivity index (χ1v) is 4.78. The molecule has 0 aromatic heterocycles. The van der Waals surface area contributed by atoms with Gasteiger partial charge >= 0.3 is 5.97 Å². The standard InChI is InChI=1S/C9H18N2O2/c1-3-4-5-6-7-10-11-8(2)9(12)13/h8H,3-7H2,1-2H3,(H,12,13). The number of hydrogen-bond donors (Lipinski definition) is 1. The third kappa shape index (κ3) is 7.43. The van der Waals surface area contributed by atoms with Crippen molar-refractivity contribution in [3.63, 3.8) is 0 Å². The van der Waals surface area contributed by atoms with Crippen molar-refractivity contribution < 1.29 is 9.90 Å². The van der Waals surface area contributed by atoms with Crippen molar-refractivity contribution in [1.29, 1.82) is 0 Å². The molecule has 0 saturated heterocycles. The van der Waals surface area contributed by atoms with Gasteiger partial charge in [0, 0.05) is 0 Å². The summed E-state index contributed by atoms with van der Waals surface area (Å²) in [6, 6.07) is -0.703.